The Morgan fingerprint density at radius 1 is 1.14 bits per heavy atom. The van der Waals surface area contributed by atoms with E-state index in [0.717, 1.165) is 24.2 Å². The summed E-state index contributed by atoms with van der Waals surface area (Å²) in [4.78, 5) is 6.51. The topological polar surface area (TPSA) is 38.9 Å². The normalized spacial score (nSPS) is 37.6. The lowest BCUT2D eigenvalue weighted by atomic mass is 9.50. The second kappa shape index (κ2) is 5.06. The molecule has 0 unspecified atom stereocenters. The van der Waals surface area contributed by atoms with Crippen LogP contribution in [0.25, 0.3) is 0 Å². The SMILES string of the molecule is CC(C)Cc1nc(C23CC4CC(CC(C4)C2)C3)sc1CN. The van der Waals surface area contributed by atoms with Crippen LogP contribution in [0.3, 0.4) is 0 Å². The zero-order valence-electron chi connectivity index (χ0n) is 13.4. The van der Waals surface area contributed by atoms with E-state index in [9.17, 15) is 0 Å². The molecule has 1 aromatic heterocycles. The molecule has 0 radical (unpaired) electrons. The fourth-order valence-corrected chi connectivity index (χ4v) is 6.87. The van der Waals surface area contributed by atoms with Crippen molar-refractivity contribution in [1.29, 1.82) is 0 Å². The summed E-state index contributed by atoms with van der Waals surface area (Å²) in [5.74, 6) is 3.65. The summed E-state index contributed by atoms with van der Waals surface area (Å²) in [7, 11) is 0. The zero-order valence-corrected chi connectivity index (χ0v) is 14.2. The van der Waals surface area contributed by atoms with Gasteiger partial charge in [-0.2, -0.15) is 0 Å². The molecule has 1 heterocycles. The third-order valence-corrected chi connectivity index (χ3v) is 7.42. The van der Waals surface area contributed by atoms with Gasteiger partial charge in [-0.25, -0.2) is 4.98 Å². The number of rotatable bonds is 4. The number of hydrogen-bond donors (Lipinski definition) is 1. The molecule has 4 saturated carbocycles. The Labute approximate surface area is 132 Å². The minimum atomic E-state index is 0.443. The Bertz CT molecular complexity index is 496. The average Bonchev–Trinajstić information content (AvgIpc) is 2.80. The molecule has 21 heavy (non-hydrogen) atoms. The Morgan fingerprint density at radius 3 is 2.19 bits per heavy atom. The van der Waals surface area contributed by atoms with Gasteiger partial charge >= 0.3 is 0 Å². The van der Waals surface area contributed by atoms with Crippen molar-refractivity contribution in [2.75, 3.05) is 0 Å². The van der Waals surface area contributed by atoms with E-state index in [4.69, 9.17) is 10.7 Å². The molecule has 0 amide bonds. The molecule has 0 atom stereocenters. The molecule has 4 aliphatic rings. The van der Waals surface area contributed by atoms with Crippen LogP contribution >= 0.6 is 11.3 Å². The lowest BCUT2D eigenvalue weighted by Gasteiger charge is -2.56. The van der Waals surface area contributed by atoms with E-state index in [-0.39, 0.29) is 0 Å². The molecule has 2 N–H and O–H groups in total. The highest BCUT2D eigenvalue weighted by Crippen LogP contribution is 2.61. The van der Waals surface area contributed by atoms with Crippen molar-refractivity contribution in [1.82, 2.24) is 4.98 Å². The minimum absolute atomic E-state index is 0.443. The predicted molar refractivity (Wildman–Crippen MR) is 88.4 cm³/mol. The number of aromatic nitrogens is 1. The van der Waals surface area contributed by atoms with Gasteiger partial charge in [-0.05, 0) is 68.6 Å². The summed E-state index contributed by atoms with van der Waals surface area (Å²) in [5.41, 5.74) is 7.75. The molecule has 116 valence electrons. The zero-order chi connectivity index (χ0) is 14.6. The molecule has 0 aliphatic heterocycles. The lowest BCUT2D eigenvalue weighted by Crippen LogP contribution is -2.48. The smallest absolute Gasteiger partial charge is 0.0993 e. The first-order chi connectivity index (χ1) is 10.1. The Balaban J connectivity index is 1.68. The number of nitrogens with zero attached hydrogens (tertiary/aromatic N) is 1. The van der Waals surface area contributed by atoms with Crippen LogP contribution in [-0.4, -0.2) is 4.98 Å². The van der Waals surface area contributed by atoms with E-state index in [1.54, 1.807) is 0 Å². The van der Waals surface area contributed by atoms with Crippen LogP contribution in [0.1, 0.15) is 68.0 Å². The van der Waals surface area contributed by atoms with Gasteiger partial charge in [0, 0.05) is 16.8 Å². The third-order valence-electron chi connectivity index (χ3n) is 6.06. The standard InChI is InChI=1S/C18H28N2S/c1-11(2)3-15-16(10-19)21-17(20-15)18-7-12-4-13(8-18)6-14(5-12)9-18/h11-14H,3-10,19H2,1-2H3. The van der Waals surface area contributed by atoms with E-state index in [1.807, 2.05) is 11.3 Å². The summed E-state index contributed by atoms with van der Waals surface area (Å²) in [6, 6.07) is 0. The van der Waals surface area contributed by atoms with Gasteiger partial charge in [-0.15, -0.1) is 11.3 Å². The van der Waals surface area contributed by atoms with Gasteiger partial charge in [0.1, 0.15) is 0 Å². The minimum Gasteiger partial charge on any atom is -0.326 e. The molecule has 2 nitrogen and oxygen atoms in total. The Hall–Kier alpha value is -0.410. The highest BCUT2D eigenvalue weighted by molar-refractivity contribution is 7.11. The van der Waals surface area contributed by atoms with E-state index in [1.165, 1.54) is 54.1 Å². The van der Waals surface area contributed by atoms with E-state index < -0.39 is 0 Å². The van der Waals surface area contributed by atoms with Gasteiger partial charge in [0.25, 0.3) is 0 Å². The van der Waals surface area contributed by atoms with Crippen molar-refractivity contribution in [3.05, 3.63) is 15.6 Å². The maximum Gasteiger partial charge on any atom is 0.0993 e. The fraction of sp³-hybridized carbons (Fsp3) is 0.833. The van der Waals surface area contributed by atoms with Crippen molar-refractivity contribution >= 4 is 11.3 Å². The van der Waals surface area contributed by atoms with Crippen LogP contribution < -0.4 is 5.73 Å². The first-order valence-corrected chi connectivity index (χ1v) is 9.59. The molecule has 0 aromatic carbocycles. The lowest BCUT2D eigenvalue weighted by molar-refractivity contribution is -0.00534. The Morgan fingerprint density at radius 2 is 1.71 bits per heavy atom. The summed E-state index contributed by atoms with van der Waals surface area (Å²) in [5, 5.41) is 1.46. The summed E-state index contributed by atoms with van der Waals surface area (Å²) in [6.07, 6.45) is 9.86. The maximum atomic E-state index is 6.00. The van der Waals surface area contributed by atoms with Gasteiger partial charge in [0.2, 0.25) is 0 Å². The van der Waals surface area contributed by atoms with Crippen LogP contribution in [0.2, 0.25) is 0 Å². The largest absolute Gasteiger partial charge is 0.326 e. The van der Waals surface area contributed by atoms with Crippen molar-refractivity contribution in [3.8, 4) is 0 Å². The first kappa shape index (κ1) is 14.2. The van der Waals surface area contributed by atoms with Gasteiger partial charge in [0.15, 0.2) is 0 Å². The molecule has 0 spiro atoms. The van der Waals surface area contributed by atoms with Crippen LogP contribution in [0.4, 0.5) is 0 Å². The Kier molecular flexibility index (Phi) is 3.42. The van der Waals surface area contributed by atoms with Gasteiger partial charge in [-0.1, -0.05) is 13.8 Å². The molecular weight excluding hydrogens is 276 g/mol. The summed E-state index contributed by atoms with van der Waals surface area (Å²) < 4.78 is 0. The van der Waals surface area contributed by atoms with Crippen molar-refractivity contribution in [3.63, 3.8) is 0 Å². The number of nitrogens with two attached hydrogens (primary N) is 1. The van der Waals surface area contributed by atoms with Gasteiger partial charge in [0.05, 0.1) is 10.7 Å². The van der Waals surface area contributed by atoms with Crippen molar-refractivity contribution in [2.45, 2.75) is 70.8 Å². The first-order valence-electron chi connectivity index (χ1n) is 8.77. The molecular formula is C18H28N2S. The van der Waals surface area contributed by atoms with Crippen LogP contribution in [0, 0.1) is 23.7 Å². The molecule has 0 saturated heterocycles. The summed E-state index contributed by atoms with van der Waals surface area (Å²) >= 11 is 1.95. The third kappa shape index (κ3) is 2.37. The molecule has 3 heteroatoms. The molecule has 5 rings (SSSR count). The van der Waals surface area contributed by atoms with Gasteiger partial charge < -0.3 is 5.73 Å². The van der Waals surface area contributed by atoms with E-state index in [2.05, 4.69) is 13.8 Å². The van der Waals surface area contributed by atoms with E-state index >= 15 is 0 Å². The maximum absolute atomic E-state index is 6.00. The van der Waals surface area contributed by atoms with Crippen LogP contribution in [0.15, 0.2) is 0 Å². The monoisotopic (exact) mass is 304 g/mol. The van der Waals surface area contributed by atoms with Crippen molar-refractivity contribution in [2.24, 2.45) is 29.4 Å². The van der Waals surface area contributed by atoms with E-state index in [0.29, 0.717) is 17.9 Å². The highest BCUT2D eigenvalue weighted by Gasteiger charge is 2.53. The fourth-order valence-electron chi connectivity index (χ4n) is 5.69. The van der Waals surface area contributed by atoms with Gasteiger partial charge in [-0.3, -0.25) is 0 Å². The van der Waals surface area contributed by atoms with Crippen LogP contribution in [0.5, 0.6) is 0 Å². The number of hydrogen-bond acceptors (Lipinski definition) is 3. The molecule has 4 fully saturated rings. The molecule has 4 aliphatic carbocycles. The second-order valence-electron chi connectivity index (χ2n) is 8.39. The predicted octanol–water partition coefficient (Wildman–Crippen LogP) is 4.27. The second-order valence-corrected chi connectivity index (χ2v) is 9.47. The average molecular weight is 305 g/mol. The summed E-state index contributed by atoms with van der Waals surface area (Å²) in [6.45, 7) is 5.24. The quantitative estimate of drug-likeness (QED) is 0.902. The van der Waals surface area contributed by atoms with Crippen molar-refractivity contribution < 1.29 is 0 Å². The molecule has 1 aromatic rings. The van der Waals surface area contributed by atoms with Crippen LogP contribution in [-0.2, 0) is 18.4 Å². The molecule has 4 bridgehead atoms. The highest BCUT2D eigenvalue weighted by atomic mass is 32.1. The number of thiazole rings is 1.